The molecule has 2 aromatic carbocycles. The molecule has 6 nitrogen and oxygen atoms in total. The molecule has 0 radical (unpaired) electrons. The van der Waals surface area contributed by atoms with E-state index in [2.05, 4.69) is 19.2 Å². The first-order valence-electron chi connectivity index (χ1n) is 13.0. The first kappa shape index (κ1) is 25.0. The number of aryl methyl sites for hydroxylation is 1. The van der Waals surface area contributed by atoms with Crippen molar-refractivity contribution in [2.45, 2.75) is 78.3 Å². The number of fused-ring (bicyclic) bond motifs is 1. The van der Waals surface area contributed by atoms with Crippen LogP contribution in [0, 0.1) is 12.8 Å². The van der Waals surface area contributed by atoms with Gasteiger partial charge in [-0.1, -0.05) is 63.4 Å². The van der Waals surface area contributed by atoms with E-state index in [4.69, 9.17) is 4.98 Å². The topological polar surface area (TPSA) is 67.2 Å². The maximum Gasteiger partial charge on any atom is 0.318 e. The van der Waals surface area contributed by atoms with E-state index >= 15 is 0 Å². The average Bonchev–Trinajstić information content (AvgIpc) is 2.85. The van der Waals surface area contributed by atoms with Crippen LogP contribution < -0.4 is 10.9 Å². The van der Waals surface area contributed by atoms with Gasteiger partial charge in [0.2, 0.25) is 0 Å². The molecule has 0 saturated heterocycles. The fourth-order valence-corrected chi connectivity index (χ4v) is 4.99. The molecule has 1 aliphatic rings. The Morgan fingerprint density at radius 3 is 2.46 bits per heavy atom. The zero-order valence-corrected chi connectivity index (χ0v) is 21.5. The maximum atomic E-state index is 13.8. The second-order valence-corrected chi connectivity index (χ2v) is 10.3. The molecule has 186 valence electrons. The lowest BCUT2D eigenvalue weighted by molar-refractivity contribution is 0.165. The lowest BCUT2D eigenvalue weighted by atomic mass is 9.96. The van der Waals surface area contributed by atoms with Crippen LogP contribution in [0.4, 0.5) is 4.79 Å². The van der Waals surface area contributed by atoms with Crippen molar-refractivity contribution in [2.24, 2.45) is 5.92 Å². The van der Waals surface area contributed by atoms with Crippen molar-refractivity contribution in [3.63, 3.8) is 0 Å². The fourth-order valence-electron chi connectivity index (χ4n) is 4.99. The van der Waals surface area contributed by atoms with E-state index < -0.39 is 0 Å². The van der Waals surface area contributed by atoms with Gasteiger partial charge in [0.1, 0.15) is 5.82 Å². The van der Waals surface area contributed by atoms with Crippen molar-refractivity contribution in [1.82, 2.24) is 19.8 Å². The first-order chi connectivity index (χ1) is 16.9. The van der Waals surface area contributed by atoms with Gasteiger partial charge < -0.3 is 10.2 Å². The van der Waals surface area contributed by atoms with Gasteiger partial charge in [0.05, 0.1) is 22.6 Å². The summed E-state index contributed by atoms with van der Waals surface area (Å²) < 4.78 is 1.71. The van der Waals surface area contributed by atoms with Crippen LogP contribution in [0.15, 0.2) is 53.3 Å². The highest BCUT2D eigenvalue weighted by Crippen LogP contribution is 2.26. The minimum Gasteiger partial charge on any atom is -0.335 e. The molecule has 1 fully saturated rings. The molecule has 0 spiro atoms. The third-order valence-corrected chi connectivity index (χ3v) is 7.14. The lowest BCUT2D eigenvalue weighted by Gasteiger charge is -2.33. The molecule has 1 atom stereocenters. The molecule has 1 saturated carbocycles. The SMILES string of the molecule is Cc1ccccc1-n1c(C(C)N(CCC(C)C)C(=O)NC2CCCCC2)nc2ccccc2c1=O. The largest absolute Gasteiger partial charge is 0.335 e. The number of hydrogen-bond donors (Lipinski definition) is 1. The zero-order valence-electron chi connectivity index (χ0n) is 21.5. The monoisotopic (exact) mass is 474 g/mol. The van der Waals surface area contributed by atoms with Gasteiger partial charge in [-0.15, -0.1) is 0 Å². The molecule has 3 aromatic rings. The van der Waals surface area contributed by atoms with E-state index in [0.717, 1.165) is 43.4 Å². The quantitative estimate of drug-likeness (QED) is 0.447. The van der Waals surface area contributed by atoms with Gasteiger partial charge in [0.25, 0.3) is 5.56 Å². The van der Waals surface area contributed by atoms with Crippen molar-refractivity contribution in [1.29, 1.82) is 0 Å². The van der Waals surface area contributed by atoms with Crippen LogP contribution in [0.1, 0.15) is 76.7 Å². The van der Waals surface area contributed by atoms with Gasteiger partial charge in [-0.25, -0.2) is 9.78 Å². The third kappa shape index (κ3) is 5.58. The summed E-state index contributed by atoms with van der Waals surface area (Å²) in [5.74, 6) is 1.04. The summed E-state index contributed by atoms with van der Waals surface area (Å²) in [5, 5.41) is 3.86. The Bertz CT molecular complexity index is 1230. The van der Waals surface area contributed by atoms with E-state index in [1.807, 2.05) is 67.3 Å². The predicted octanol–water partition coefficient (Wildman–Crippen LogP) is 6.15. The molecule has 1 unspecified atom stereocenters. The fraction of sp³-hybridized carbons (Fsp3) is 0.483. The standard InChI is InChI=1S/C29H38N4O2/c1-20(2)18-19-32(29(35)30-23-13-6-5-7-14-23)22(4)27-31-25-16-10-9-15-24(25)28(34)33(27)26-17-11-8-12-21(26)3/h8-12,15-17,20,22-23H,5-7,13-14,18-19H2,1-4H3,(H,30,35). The normalized spacial score (nSPS) is 15.3. The number of benzene rings is 2. The summed E-state index contributed by atoms with van der Waals surface area (Å²) in [6.07, 6.45) is 6.49. The molecule has 0 bridgehead atoms. The molecule has 0 aliphatic heterocycles. The van der Waals surface area contributed by atoms with E-state index in [1.54, 1.807) is 4.57 Å². The smallest absolute Gasteiger partial charge is 0.318 e. The Kier molecular flexibility index (Phi) is 7.89. The molecule has 1 N–H and O–H groups in total. The lowest BCUT2D eigenvalue weighted by Crippen LogP contribution is -2.48. The molecule has 1 aliphatic carbocycles. The molecule has 1 heterocycles. The highest BCUT2D eigenvalue weighted by atomic mass is 16.2. The van der Waals surface area contributed by atoms with Gasteiger partial charge in [0.15, 0.2) is 0 Å². The molecular formula is C29H38N4O2. The van der Waals surface area contributed by atoms with Gasteiger partial charge in [-0.2, -0.15) is 0 Å². The molecule has 35 heavy (non-hydrogen) atoms. The summed E-state index contributed by atoms with van der Waals surface area (Å²) in [6.45, 7) is 8.93. The van der Waals surface area contributed by atoms with Crippen molar-refractivity contribution < 1.29 is 4.79 Å². The number of carbonyl (C=O) groups excluding carboxylic acids is 1. The number of nitrogens with zero attached hydrogens (tertiary/aromatic N) is 3. The van der Waals surface area contributed by atoms with Gasteiger partial charge in [0, 0.05) is 12.6 Å². The molecule has 2 amide bonds. The zero-order chi connectivity index (χ0) is 24.9. The second kappa shape index (κ2) is 11.1. The van der Waals surface area contributed by atoms with Crippen LogP contribution >= 0.6 is 0 Å². The van der Waals surface area contributed by atoms with Crippen LogP contribution in [0.25, 0.3) is 16.6 Å². The van der Waals surface area contributed by atoms with Crippen LogP contribution in [-0.2, 0) is 0 Å². The Labute approximate surface area is 208 Å². The van der Waals surface area contributed by atoms with Gasteiger partial charge in [-0.05, 0) is 62.8 Å². The summed E-state index contributed by atoms with van der Waals surface area (Å²) in [5.41, 5.74) is 2.33. The van der Waals surface area contributed by atoms with Crippen LogP contribution in [-0.4, -0.2) is 33.1 Å². The third-order valence-electron chi connectivity index (χ3n) is 7.14. The number of amides is 2. The van der Waals surface area contributed by atoms with Crippen molar-refractivity contribution in [2.75, 3.05) is 6.54 Å². The number of carbonyl (C=O) groups is 1. The predicted molar refractivity (Wildman–Crippen MR) is 142 cm³/mol. The van der Waals surface area contributed by atoms with E-state index in [0.29, 0.717) is 29.2 Å². The highest BCUT2D eigenvalue weighted by Gasteiger charge is 2.29. The summed E-state index contributed by atoms with van der Waals surface area (Å²) in [4.78, 5) is 34.2. The molecule has 4 rings (SSSR count). The molecule has 6 heteroatoms. The first-order valence-corrected chi connectivity index (χ1v) is 13.0. The van der Waals surface area contributed by atoms with E-state index in [9.17, 15) is 9.59 Å². The van der Waals surface area contributed by atoms with E-state index in [-0.39, 0.29) is 23.7 Å². The minimum absolute atomic E-state index is 0.0659. The average molecular weight is 475 g/mol. The number of para-hydroxylation sites is 2. The van der Waals surface area contributed by atoms with Crippen molar-refractivity contribution in [3.05, 3.63) is 70.3 Å². The number of rotatable bonds is 7. The number of hydrogen-bond acceptors (Lipinski definition) is 3. The van der Waals surface area contributed by atoms with Gasteiger partial charge >= 0.3 is 6.03 Å². The number of aromatic nitrogens is 2. The van der Waals surface area contributed by atoms with Crippen LogP contribution in [0.2, 0.25) is 0 Å². The maximum absolute atomic E-state index is 13.8. The van der Waals surface area contributed by atoms with Crippen LogP contribution in [0.3, 0.4) is 0 Å². The Morgan fingerprint density at radius 2 is 1.74 bits per heavy atom. The van der Waals surface area contributed by atoms with E-state index in [1.165, 1.54) is 6.42 Å². The summed E-state index contributed by atoms with van der Waals surface area (Å²) in [6, 6.07) is 15.1. The van der Waals surface area contributed by atoms with Crippen molar-refractivity contribution >= 4 is 16.9 Å². The molecule has 1 aromatic heterocycles. The Balaban J connectivity index is 1.80. The molecular weight excluding hydrogens is 436 g/mol. The minimum atomic E-state index is -0.380. The number of nitrogens with one attached hydrogen (secondary N) is 1. The van der Waals surface area contributed by atoms with Crippen LogP contribution in [0.5, 0.6) is 0 Å². The highest BCUT2D eigenvalue weighted by molar-refractivity contribution is 5.78. The second-order valence-electron chi connectivity index (χ2n) is 10.3. The Hall–Kier alpha value is -3.15. The van der Waals surface area contributed by atoms with Gasteiger partial charge in [-0.3, -0.25) is 9.36 Å². The number of urea groups is 1. The van der Waals surface area contributed by atoms with Crippen molar-refractivity contribution in [3.8, 4) is 5.69 Å². The Morgan fingerprint density at radius 1 is 1.06 bits per heavy atom. The summed E-state index contributed by atoms with van der Waals surface area (Å²) >= 11 is 0. The summed E-state index contributed by atoms with van der Waals surface area (Å²) in [7, 11) is 0.